The topological polar surface area (TPSA) is 77.0 Å². The molecule has 0 aliphatic heterocycles. The van der Waals surface area contributed by atoms with Crippen LogP contribution in [0.5, 0.6) is 5.75 Å². The molecule has 5 heteroatoms. The summed E-state index contributed by atoms with van der Waals surface area (Å²) in [4.78, 5) is 10.5. The van der Waals surface area contributed by atoms with E-state index >= 15 is 0 Å². The van der Waals surface area contributed by atoms with E-state index in [-0.39, 0.29) is 12.3 Å². The summed E-state index contributed by atoms with van der Waals surface area (Å²) < 4.78 is 17.5. The van der Waals surface area contributed by atoms with Crippen LogP contribution < -0.4 is 15.6 Å². The Bertz CT molecular complexity index is 312. The fourth-order valence-corrected chi connectivity index (χ4v) is 0.902. The number of aliphatic carboxylic acids is 1. The second-order valence-corrected chi connectivity index (χ2v) is 2.67. The van der Waals surface area contributed by atoms with Gasteiger partial charge in [0.25, 0.3) is 0 Å². The van der Waals surface area contributed by atoms with Crippen molar-refractivity contribution in [2.75, 3.05) is 6.54 Å². The molecule has 3 N–H and O–H groups in total. The van der Waals surface area contributed by atoms with Crippen LogP contribution >= 0.6 is 0 Å². The van der Waals surface area contributed by atoms with E-state index in [1.54, 1.807) is 0 Å². The van der Waals surface area contributed by atoms with Gasteiger partial charge < -0.3 is 20.4 Å². The average Bonchev–Trinajstić information content (AvgIpc) is 2.16. The van der Waals surface area contributed by atoms with Crippen LogP contribution in [0.25, 0.3) is 0 Å². The van der Waals surface area contributed by atoms with Crippen molar-refractivity contribution in [1.82, 2.24) is 0 Å². The van der Waals surface area contributed by atoms with E-state index in [1.807, 2.05) is 0 Å². The van der Waals surface area contributed by atoms with Gasteiger partial charge in [-0.1, -0.05) is 0 Å². The van der Waals surface area contributed by atoms with E-state index in [1.165, 1.54) is 24.3 Å². The van der Waals surface area contributed by atoms with Crippen LogP contribution in [0.3, 0.4) is 0 Å². The van der Waals surface area contributed by atoms with Crippen molar-refractivity contribution in [3.8, 4) is 5.75 Å². The molecule has 0 saturated heterocycles. The monoisotopic (exact) mass is 199 g/mol. The van der Waals surface area contributed by atoms with Gasteiger partial charge in [-0.2, -0.15) is 0 Å². The molecule has 0 heterocycles. The van der Waals surface area contributed by atoms with Crippen molar-refractivity contribution in [2.45, 2.75) is 6.10 Å². The summed E-state index contributed by atoms with van der Waals surface area (Å²) in [5, 5.41) is 10.5. The third-order valence-electron chi connectivity index (χ3n) is 1.62. The van der Waals surface area contributed by atoms with Gasteiger partial charge in [0.05, 0.1) is 5.97 Å². The van der Waals surface area contributed by atoms with Crippen molar-refractivity contribution < 1.29 is 24.8 Å². The maximum atomic E-state index is 12.5. The first-order valence-corrected chi connectivity index (χ1v) is 4.06. The third kappa shape index (κ3) is 2.70. The Morgan fingerprint density at radius 3 is 2.50 bits per heavy atom. The molecule has 0 radical (unpaired) electrons. The van der Waals surface area contributed by atoms with Gasteiger partial charge in [0, 0.05) is 0 Å². The predicted octanol–water partition coefficient (Wildman–Crippen LogP) is -1.44. The van der Waals surface area contributed by atoms with Gasteiger partial charge in [0.1, 0.15) is 18.1 Å². The highest BCUT2D eigenvalue weighted by Crippen LogP contribution is 2.12. The van der Waals surface area contributed by atoms with Crippen molar-refractivity contribution in [1.29, 1.82) is 0 Å². The Labute approximate surface area is 80.1 Å². The highest BCUT2D eigenvalue weighted by atomic mass is 19.1. The summed E-state index contributed by atoms with van der Waals surface area (Å²) in [6.45, 7) is 0.0553. The molecule has 0 unspecified atom stereocenters. The molecule has 14 heavy (non-hydrogen) atoms. The lowest BCUT2D eigenvalue weighted by Gasteiger charge is -2.16. The number of quaternary nitrogens is 1. The standard InChI is InChI=1S/C9H10FNO3/c10-6-1-3-7(4-2-6)14-8(5-11)9(12)13/h1-4,8H,5,11H2,(H,12,13)/t8-/m0/s1. The lowest BCUT2D eigenvalue weighted by atomic mass is 10.3. The molecule has 0 bridgehead atoms. The number of carboxylic acid groups (broad SMARTS) is 1. The van der Waals surface area contributed by atoms with Gasteiger partial charge in [0.15, 0.2) is 6.10 Å². The highest BCUT2D eigenvalue weighted by molar-refractivity contribution is 5.70. The molecule has 76 valence electrons. The lowest BCUT2D eigenvalue weighted by molar-refractivity contribution is -0.390. The molecule has 0 aliphatic rings. The molecule has 0 aliphatic carbocycles. The highest BCUT2D eigenvalue weighted by Gasteiger charge is 2.11. The van der Waals surface area contributed by atoms with Gasteiger partial charge in [-0.15, -0.1) is 0 Å². The summed E-state index contributed by atoms with van der Waals surface area (Å²) in [7, 11) is 0. The van der Waals surface area contributed by atoms with Crippen LogP contribution in [0.4, 0.5) is 4.39 Å². The Kier molecular flexibility index (Phi) is 3.41. The maximum Gasteiger partial charge on any atom is 0.186 e. The number of halogens is 1. The van der Waals surface area contributed by atoms with Gasteiger partial charge in [-0.3, -0.25) is 0 Å². The summed E-state index contributed by atoms with van der Waals surface area (Å²) in [6.07, 6.45) is -1.10. The minimum Gasteiger partial charge on any atom is -0.546 e. The van der Waals surface area contributed by atoms with Crippen molar-refractivity contribution in [2.24, 2.45) is 0 Å². The normalized spacial score (nSPS) is 12.1. The van der Waals surface area contributed by atoms with Crippen LogP contribution in [0.15, 0.2) is 24.3 Å². The molecule has 0 spiro atoms. The Hall–Kier alpha value is -1.62. The van der Waals surface area contributed by atoms with E-state index in [0.29, 0.717) is 0 Å². The summed E-state index contributed by atoms with van der Waals surface area (Å²) in [5.41, 5.74) is 3.40. The molecular formula is C9H10FNO3. The predicted molar refractivity (Wildman–Crippen MR) is 43.6 cm³/mol. The molecule has 0 aromatic heterocycles. The van der Waals surface area contributed by atoms with E-state index in [9.17, 15) is 14.3 Å². The zero-order valence-corrected chi connectivity index (χ0v) is 7.40. The van der Waals surface area contributed by atoms with Gasteiger partial charge >= 0.3 is 0 Å². The van der Waals surface area contributed by atoms with Crippen LogP contribution in [0, 0.1) is 5.82 Å². The molecule has 1 atom stereocenters. The molecular weight excluding hydrogens is 189 g/mol. The quantitative estimate of drug-likeness (QED) is 0.645. The molecule has 0 amide bonds. The van der Waals surface area contributed by atoms with Gasteiger partial charge in [-0.25, -0.2) is 4.39 Å². The van der Waals surface area contributed by atoms with E-state index in [0.717, 1.165) is 0 Å². The van der Waals surface area contributed by atoms with Gasteiger partial charge in [-0.05, 0) is 24.3 Å². The zero-order chi connectivity index (χ0) is 10.6. The Morgan fingerprint density at radius 2 is 2.07 bits per heavy atom. The fourth-order valence-electron chi connectivity index (χ4n) is 0.902. The number of hydrogen-bond donors (Lipinski definition) is 1. The first kappa shape index (κ1) is 10.5. The fraction of sp³-hybridized carbons (Fsp3) is 0.222. The largest absolute Gasteiger partial charge is 0.546 e. The number of rotatable bonds is 4. The van der Waals surface area contributed by atoms with Crippen molar-refractivity contribution >= 4 is 5.97 Å². The van der Waals surface area contributed by atoms with Crippen LogP contribution in [-0.4, -0.2) is 18.6 Å². The summed E-state index contributed by atoms with van der Waals surface area (Å²) in [5.74, 6) is -1.45. The lowest BCUT2D eigenvalue weighted by Crippen LogP contribution is -2.61. The van der Waals surface area contributed by atoms with Crippen LogP contribution in [0.1, 0.15) is 0 Å². The average molecular weight is 199 g/mol. The number of ether oxygens (including phenoxy) is 1. The number of carboxylic acids is 1. The number of carbonyl (C=O) groups excluding carboxylic acids is 1. The second kappa shape index (κ2) is 4.57. The number of carbonyl (C=O) groups is 1. The smallest absolute Gasteiger partial charge is 0.186 e. The summed E-state index contributed by atoms with van der Waals surface area (Å²) >= 11 is 0. The molecule has 0 fully saturated rings. The molecule has 0 saturated carbocycles. The third-order valence-corrected chi connectivity index (χ3v) is 1.62. The number of hydrogen-bond acceptors (Lipinski definition) is 3. The Balaban J connectivity index is 2.67. The molecule has 1 aromatic rings. The second-order valence-electron chi connectivity index (χ2n) is 2.67. The molecule has 1 aromatic carbocycles. The van der Waals surface area contributed by atoms with E-state index in [4.69, 9.17) is 4.74 Å². The Morgan fingerprint density at radius 1 is 1.50 bits per heavy atom. The van der Waals surface area contributed by atoms with Gasteiger partial charge in [0.2, 0.25) is 0 Å². The van der Waals surface area contributed by atoms with Crippen LogP contribution in [0.2, 0.25) is 0 Å². The zero-order valence-electron chi connectivity index (χ0n) is 7.40. The van der Waals surface area contributed by atoms with Crippen molar-refractivity contribution in [3.63, 3.8) is 0 Å². The minimum atomic E-state index is -1.33. The van der Waals surface area contributed by atoms with Crippen LogP contribution in [-0.2, 0) is 4.79 Å². The summed E-state index contributed by atoms with van der Waals surface area (Å²) in [6, 6.07) is 5.07. The SMILES string of the molecule is [NH3+]C[C@H](Oc1ccc(F)cc1)C(=O)[O-]. The van der Waals surface area contributed by atoms with E-state index < -0.39 is 17.9 Å². The molecule has 4 nitrogen and oxygen atoms in total. The van der Waals surface area contributed by atoms with E-state index in [2.05, 4.69) is 5.73 Å². The van der Waals surface area contributed by atoms with Crippen molar-refractivity contribution in [3.05, 3.63) is 30.1 Å². The molecule has 1 rings (SSSR count). The first-order valence-electron chi connectivity index (χ1n) is 4.06. The minimum absolute atomic E-state index is 0.0553. The maximum absolute atomic E-state index is 12.5. The number of benzene rings is 1. The first-order chi connectivity index (χ1) is 6.63.